The fourth-order valence-electron chi connectivity index (χ4n) is 4.44. The minimum atomic E-state index is -3.87. The van der Waals surface area contributed by atoms with E-state index in [4.69, 9.17) is 4.42 Å². The monoisotopic (exact) mass is 531 g/mol. The number of sulfone groups is 1. The fraction of sp³-hybridized carbons (Fsp3) is 0.400. The molecular weight excluding hydrogens is 502 g/mol. The highest BCUT2D eigenvalue weighted by Gasteiger charge is 2.50. The van der Waals surface area contributed by atoms with E-state index in [1.165, 1.54) is 17.7 Å². The molecular formula is C25H29N3O6S2. The van der Waals surface area contributed by atoms with Gasteiger partial charge in [0.15, 0.2) is 22.0 Å². The van der Waals surface area contributed by atoms with Crippen molar-refractivity contribution in [1.82, 2.24) is 15.4 Å². The van der Waals surface area contributed by atoms with Crippen LogP contribution in [-0.4, -0.2) is 54.2 Å². The molecule has 0 saturated carbocycles. The van der Waals surface area contributed by atoms with Crippen LogP contribution in [-0.2, 0) is 24.2 Å². The number of hydrogen-bond donors (Lipinski definition) is 2. The highest BCUT2D eigenvalue weighted by Crippen LogP contribution is 2.45. The summed E-state index contributed by atoms with van der Waals surface area (Å²) in [5, 5.41) is 9.23. The average molecular weight is 532 g/mol. The SMILES string of the molecule is CC(C)(C)C(=O)N1CC[C@](CC(=O)NO)(c2ccc(-c3ccc(-c4cnco4)cc3)s2)S(=O)(=O)CC1. The number of nitrogens with one attached hydrogen (secondary N) is 1. The van der Waals surface area contributed by atoms with Gasteiger partial charge in [-0.1, -0.05) is 45.0 Å². The highest BCUT2D eigenvalue weighted by atomic mass is 32.2. The van der Waals surface area contributed by atoms with E-state index in [9.17, 15) is 23.2 Å². The minimum Gasteiger partial charge on any atom is -0.444 e. The Morgan fingerprint density at radius 3 is 2.44 bits per heavy atom. The maximum atomic E-state index is 13.7. The molecule has 0 unspecified atom stereocenters. The zero-order valence-electron chi connectivity index (χ0n) is 20.4. The third-order valence-corrected chi connectivity index (χ3v) is 10.4. The van der Waals surface area contributed by atoms with E-state index in [0.717, 1.165) is 16.0 Å². The van der Waals surface area contributed by atoms with Crippen LogP contribution in [0.3, 0.4) is 0 Å². The van der Waals surface area contributed by atoms with Gasteiger partial charge in [0.2, 0.25) is 11.8 Å². The molecule has 1 aliphatic rings. The highest BCUT2D eigenvalue weighted by molar-refractivity contribution is 7.92. The van der Waals surface area contributed by atoms with E-state index in [-0.39, 0.29) is 31.2 Å². The number of hydrogen-bond acceptors (Lipinski definition) is 8. The van der Waals surface area contributed by atoms with Crippen LogP contribution in [0.15, 0.2) is 53.4 Å². The molecule has 2 aromatic heterocycles. The van der Waals surface area contributed by atoms with Crippen molar-refractivity contribution in [3.05, 3.63) is 53.9 Å². The largest absolute Gasteiger partial charge is 0.444 e. The summed E-state index contributed by atoms with van der Waals surface area (Å²) in [7, 11) is -3.87. The van der Waals surface area contributed by atoms with Crippen molar-refractivity contribution in [1.29, 1.82) is 0 Å². The minimum absolute atomic E-state index is 0.0506. The number of aromatic nitrogens is 1. The Morgan fingerprint density at radius 2 is 1.83 bits per heavy atom. The topological polar surface area (TPSA) is 130 Å². The summed E-state index contributed by atoms with van der Waals surface area (Å²) in [5.41, 5.74) is 2.67. The van der Waals surface area contributed by atoms with Gasteiger partial charge in [0.05, 0.1) is 18.4 Å². The van der Waals surface area contributed by atoms with Crippen molar-refractivity contribution in [3.8, 4) is 21.8 Å². The van der Waals surface area contributed by atoms with Gasteiger partial charge in [0, 0.05) is 33.8 Å². The van der Waals surface area contributed by atoms with Crippen molar-refractivity contribution in [2.45, 2.75) is 38.4 Å². The molecule has 0 spiro atoms. The lowest BCUT2D eigenvalue weighted by Crippen LogP contribution is -2.42. The first kappa shape index (κ1) is 26.1. The van der Waals surface area contributed by atoms with E-state index in [2.05, 4.69) is 4.98 Å². The van der Waals surface area contributed by atoms with Crippen LogP contribution in [0.25, 0.3) is 21.8 Å². The second-order valence-corrected chi connectivity index (χ2v) is 13.4. The number of rotatable bonds is 5. The Labute approximate surface area is 214 Å². The van der Waals surface area contributed by atoms with Crippen molar-refractivity contribution >= 4 is 33.0 Å². The number of amides is 2. The van der Waals surface area contributed by atoms with Crippen LogP contribution in [0.5, 0.6) is 0 Å². The number of benzene rings is 1. The van der Waals surface area contributed by atoms with Gasteiger partial charge < -0.3 is 9.32 Å². The van der Waals surface area contributed by atoms with Crippen LogP contribution in [0.1, 0.15) is 38.5 Å². The summed E-state index contributed by atoms with van der Waals surface area (Å²) in [6, 6.07) is 11.2. The fourth-order valence-corrected chi connectivity index (χ4v) is 8.05. The Balaban J connectivity index is 1.71. The van der Waals surface area contributed by atoms with Gasteiger partial charge in [-0.05, 0) is 24.1 Å². The molecule has 2 amide bonds. The number of nitrogens with zero attached hydrogens (tertiary/aromatic N) is 2. The van der Waals surface area contributed by atoms with Gasteiger partial charge in [0.25, 0.3) is 0 Å². The summed E-state index contributed by atoms with van der Waals surface area (Å²) in [5.74, 6) is -0.562. The molecule has 1 aliphatic heterocycles. The number of oxazole rings is 1. The average Bonchev–Trinajstić information content (AvgIpc) is 3.53. The normalized spacial score (nSPS) is 20.1. The summed E-state index contributed by atoms with van der Waals surface area (Å²) in [4.78, 5) is 32.1. The van der Waals surface area contributed by atoms with E-state index < -0.39 is 32.3 Å². The van der Waals surface area contributed by atoms with Crippen LogP contribution >= 0.6 is 11.3 Å². The number of thiophene rings is 1. The van der Waals surface area contributed by atoms with Gasteiger partial charge in [-0.3, -0.25) is 14.8 Å². The van der Waals surface area contributed by atoms with Gasteiger partial charge in [-0.2, -0.15) is 0 Å². The summed E-state index contributed by atoms with van der Waals surface area (Å²) in [6.07, 6.45) is 2.60. The summed E-state index contributed by atoms with van der Waals surface area (Å²) >= 11 is 1.29. The molecule has 4 rings (SSSR count). The van der Waals surface area contributed by atoms with Crippen LogP contribution in [0.4, 0.5) is 0 Å². The summed E-state index contributed by atoms with van der Waals surface area (Å²) in [6.45, 7) is 5.62. The van der Waals surface area contributed by atoms with Crippen molar-refractivity contribution in [2.75, 3.05) is 18.8 Å². The van der Waals surface area contributed by atoms with Crippen molar-refractivity contribution in [3.63, 3.8) is 0 Å². The maximum absolute atomic E-state index is 13.7. The molecule has 1 aromatic carbocycles. The predicted molar refractivity (Wildman–Crippen MR) is 136 cm³/mol. The second-order valence-electron chi connectivity index (χ2n) is 9.92. The molecule has 2 N–H and O–H groups in total. The Bertz CT molecular complexity index is 1340. The lowest BCUT2D eigenvalue weighted by molar-refractivity contribution is -0.139. The first-order valence-electron chi connectivity index (χ1n) is 11.5. The predicted octanol–water partition coefficient (Wildman–Crippen LogP) is 3.85. The van der Waals surface area contributed by atoms with E-state index in [1.807, 2.05) is 30.3 Å². The molecule has 0 aliphatic carbocycles. The van der Waals surface area contributed by atoms with Gasteiger partial charge in [-0.25, -0.2) is 18.9 Å². The number of carbonyl (C=O) groups excluding carboxylic acids is 2. The standard InChI is InChI=1S/C25H29N3O6S2/c1-24(2,3)23(30)28-11-10-25(14-22(29)27-31,36(32,33)13-12-28)21-9-8-20(35-21)18-6-4-17(5-7-18)19-15-26-16-34-19/h4-9,15-16,31H,10-14H2,1-3H3,(H,27,29)/t25-/m0/s1. The smallest absolute Gasteiger partial charge is 0.245 e. The Morgan fingerprint density at radius 1 is 1.14 bits per heavy atom. The quantitative estimate of drug-likeness (QED) is 0.378. The van der Waals surface area contributed by atoms with Crippen LogP contribution in [0, 0.1) is 5.41 Å². The third kappa shape index (κ3) is 4.95. The molecule has 1 fully saturated rings. The van der Waals surface area contributed by atoms with Gasteiger partial charge in [0.1, 0.15) is 4.75 Å². The van der Waals surface area contributed by atoms with E-state index >= 15 is 0 Å². The first-order chi connectivity index (χ1) is 17.0. The first-order valence-corrected chi connectivity index (χ1v) is 14.0. The van der Waals surface area contributed by atoms with Gasteiger partial charge in [-0.15, -0.1) is 11.3 Å². The lowest BCUT2D eigenvalue weighted by Gasteiger charge is -2.31. The zero-order valence-corrected chi connectivity index (χ0v) is 22.0. The van der Waals surface area contributed by atoms with Crippen LogP contribution in [0.2, 0.25) is 0 Å². The van der Waals surface area contributed by atoms with Crippen LogP contribution < -0.4 is 5.48 Å². The third-order valence-electron chi connectivity index (χ3n) is 6.45. The molecule has 192 valence electrons. The molecule has 36 heavy (non-hydrogen) atoms. The van der Waals surface area contributed by atoms with Gasteiger partial charge >= 0.3 is 0 Å². The Kier molecular flexibility index (Phi) is 7.09. The summed E-state index contributed by atoms with van der Waals surface area (Å²) < 4.78 is 31.2. The second kappa shape index (κ2) is 9.79. The molecule has 9 nitrogen and oxygen atoms in total. The molecule has 3 heterocycles. The molecule has 11 heteroatoms. The lowest BCUT2D eigenvalue weighted by atomic mass is 9.93. The molecule has 3 aromatic rings. The molecule has 1 atom stereocenters. The zero-order chi connectivity index (χ0) is 26.1. The molecule has 0 bridgehead atoms. The Hall–Kier alpha value is -3.02. The van der Waals surface area contributed by atoms with Crippen molar-refractivity contribution in [2.24, 2.45) is 5.41 Å². The maximum Gasteiger partial charge on any atom is 0.245 e. The molecule has 1 saturated heterocycles. The van der Waals surface area contributed by atoms with E-state index in [1.54, 1.807) is 43.4 Å². The number of hydroxylamine groups is 1. The molecule has 0 radical (unpaired) electrons. The van der Waals surface area contributed by atoms with Crippen molar-refractivity contribution < 1.29 is 27.6 Å². The number of carbonyl (C=O) groups is 2. The van der Waals surface area contributed by atoms with E-state index in [0.29, 0.717) is 10.6 Å².